The zero-order valence-electron chi connectivity index (χ0n) is 18.3. The number of fused-ring (bicyclic) bond motifs is 1. The summed E-state index contributed by atoms with van der Waals surface area (Å²) >= 11 is 25.3. The van der Waals surface area contributed by atoms with E-state index in [-0.39, 0.29) is 35.7 Å². The van der Waals surface area contributed by atoms with Crippen LogP contribution >= 0.6 is 86.9 Å². The number of para-hydroxylation sites is 1. The number of hydrogen-bond acceptors (Lipinski definition) is 6. The number of nitro groups is 1. The molecule has 15 heteroatoms. The van der Waals surface area contributed by atoms with E-state index in [2.05, 4.69) is 63.7 Å². The zero-order chi connectivity index (χ0) is 28.0. The predicted molar refractivity (Wildman–Crippen MR) is 153 cm³/mol. The van der Waals surface area contributed by atoms with Crippen molar-refractivity contribution in [2.24, 2.45) is 0 Å². The zero-order valence-corrected chi connectivity index (χ0v) is 26.2. The van der Waals surface area contributed by atoms with Crippen molar-refractivity contribution >= 4 is 116 Å². The second-order valence-electron chi connectivity index (χ2n) is 7.61. The molecule has 3 aromatic rings. The number of hydrogen-bond donors (Lipinski definition) is 0. The second kappa shape index (κ2) is 11.1. The van der Waals surface area contributed by atoms with E-state index >= 15 is 0 Å². The highest BCUT2D eigenvalue weighted by Crippen LogP contribution is 2.45. The number of Topliss-reactive ketones (excluding diaryl/α,β-unsaturated/α-hetero) is 1. The molecule has 1 aliphatic heterocycles. The van der Waals surface area contributed by atoms with Crippen LogP contribution in [0.15, 0.2) is 60.4 Å². The van der Waals surface area contributed by atoms with Gasteiger partial charge < -0.3 is 0 Å². The molecule has 0 aliphatic carbocycles. The van der Waals surface area contributed by atoms with Crippen molar-refractivity contribution in [2.75, 3.05) is 6.54 Å². The van der Waals surface area contributed by atoms with Crippen LogP contribution in [0.5, 0.6) is 0 Å². The molecule has 3 amide bonds. The molecule has 0 saturated heterocycles. The number of hydrazine groups is 1. The van der Waals surface area contributed by atoms with Crippen LogP contribution in [-0.4, -0.2) is 45.0 Å². The summed E-state index contributed by atoms with van der Waals surface area (Å²) in [7, 11) is 0. The number of halogens is 6. The van der Waals surface area contributed by atoms with Crippen LogP contribution in [0.25, 0.3) is 0 Å². The molecule has 0 atom stereocenters. The van der Waals surface area contributed by atoms with E-state index in [0.29, 0.717) is 19.0 Å². The Labute approximate surface area is 257 Å². The molecule has 1 heterocycles. The quantitative estimate of drug-likeness (QED) is 0.0636. The minimum absolute atomic E-state index is 0.0266. The molecular formula is C23H9Br4Cl2N3O6. The van der Waals surface area contributed by atoms with Gasteiger partial charge in [-0.2, -0.15) is 5.01 Å². The van der Waals surface area contributed by atoms with Gasteiger partial charge in [0.15, 0.2) is 5.78 Å². The lowest BCUT2D eigenvalue weighted by Crippen LogP contribution is -2.52. The lowest BCUT2D eigenvalue weighted by molar-refractivity contribution is -0.385. The third-order valence-corrected chi connectivity index (χ3v) is 10.7. The van der Waals surface area contributed by atoms with E-state index in [1.165, 1.54) is 30.3 Å². The van der Waals surface area contributed by atoms with Crippen molar-refractivity contribution in [3.05, 3.63) is 103 Å². The van der Waals surface area contributed by atoms with E-state index < -0.39 is 46.2 Å². The average Bonchev–Trinajstić information content (AvgIpc) is 3.13. The molecule has 0 saturated carbocycles. The number of nitrogens with zero attached hydrogens (tertiary/aromatic N) is 3. The summed E-state index contributed by atoms with van der Waals surface area (Å²) < 4.78 is 1.25. The Morgan fingerprint density at radius 2 is 1.42 bits per heavy atom. The summed E-state index contributed by atoms with van der Waals surface area (Å²) in [5, 5.41) is 12.9. The maximum atomic E-state index is 13.7. The lowest BCUT2D eigenvalue weighted by Gasteiger charge is -2.29. The summed E-state index contributed by atoms with van der Waals surface area (Å²) in [5.41, 5.74) is -1.24. The fourth-order valence-electron chi connectivity index (χ4n) is 3.68. The highest BCUT2D eigenvalue weighted by atomic mass is 79.9. The van der Waals surface area contributed by atoms with Gasteiger partial charge in [0.2, 0.25) is 0 Å². The van der Waals surface area contributed by atoms with Crippen molar-refractivity contribution in [3.8, 4) is 0 Å². The van der Waals surface area contributed by atoms with Crippen molar-refractivity contribution < 1.29 is 24.1 Å². The number of carbonyl (C=O) groups excluding carboxylic acids is 4. The Hall–Kier alpha value is -2.16. The molecule has 194 valence electrons. The summed E-state index contributed by atoms with van der Waals surface area (Å²) in [6.45, 7) is -0.852. The summed E-state index contributed by atoms with van der Waals surface area (Å²) in [6, 6.07) is 9.01. The molecule has 0 aromatic heterocycles. The Kier molecular flexibility index (Phi) is 8.46. The van der Waals surface area contributed by atoms with Gasteiger partial charge in [-0.3, -0.25) is 29.3 Å². The van der Waals surface area contributed by atoms with Gasteiger partial charge in [0.05, 0.1) is 21.1 Å². The Balaban J connectivity index is 1.88. The summed E-state index contributed by atoms with van der Waals surface area (Å²) in [5.74, 6) is -3.76. The fourth-order valence-corrected chi connectivity index (χ4v) is 6.65. The molecule has 0 spiro atoms. The topological polar surface area (TPSA) is 118 Å². The minimum Gasteiger partial charge on any atom is -0.292 e. The number of ketones is 1. The maximum Gasteiger partial charge on any atom is 0.282 e. The van der Waals surface area contributed by atoms with Gasteiger partial charge in [-0.1, -0.05) is 35.3 Å². The van der Waals surface area contributed by atoms with Crippen molar-refractivity contribution in [1.29, 1.82) is 0 Å². The van der Waals surface area contributed by atoms with Crippen molar-refractivity contribution in [3.63, 3.8) is 0 Å². The minimum atomic E-state index is -1.13. The average molecular weight is 814 g/mol. The predicted octanol–water partition coefficient (Wildman–Crippen LogP) is 7.49. The van der Waals surface area contributed by atoms with E-state index in [0.717, 1.165) is 12.1 Å². The Morgan fingerprint density at radius 3 is 1.95 bits per heavy atom. The maximum absolute atomic E-state index is 13.7. The number of carbonyl (C=O) groups is 4. The summed E-state index contributed by atoms with van der Waals surface area (Å²) in [4.78, 5) is 65.1. The molecular weight excluding hydrogens is 805 g/mol. The summed E-state index contributed by atoms with van der Waals surface area (Å²) in [6.07, 6.45) is 0. The molecule has 0 fully saturated rings. The molecule has 0 bridgehead atoms. The Bertz CT molecular complexity index is 1550. The monoisotopic (exact) mass is 809 g/mol. The third-order valence-electron chi connectivity index (χ3n) is 5.41. The highest BCUT2D eigenvalue weighted by Gasteiger charge is 2.46. The molecule has 0 unspecified atom stereocenters. The first kappa shape index (κ1) is 28.8. The number of nitro benzene ring substituents is 1. The first-order valence-corrected chi connectivity index (χ1v) is 14.1. The van der Waals surface area contributed by atoms with Gasteiger partial charge in [-0.05, 0) is 88.0 Å². The molecule has 0 N–H and O–H groups in total. The van der Waals surface area contributed by atoms with Crippen LogP contribution in [0.4, 0.5) is 5.69 Å². The van der Waals surface area contributed by atoms with Crippen LogP contribution in [-0.2, 0) is 0 Å². The highest BCUT2D eigenvalue weighted by molar-refractivity contribution is 9.15. The van der Waals surface area contributed by atoms with Crippen LogP contribution in [0.1, 0.15) is 41.4 Å². The van der Waals surface area contributed by atoms with E-state index in [1.807, 2.05) is 0 Å². The molecule has 4 rings (SSSR count). The van der Waals surface area contributed by atoms with Gasteiger partial charge in [0.1, 0.15) is 12.1 Å². The number of rotatable bonds is 6. The smallest absolute Gasteiger partial charge is 0.282 e. The van der Waals surface area contributed by atoms with Crippen molar-refractivity contribution in [1.82, 2.24) is 10.0 Å². The molecule has 38 heavy (non-hydrogen) atoms. The van der Waals surface area contributed by atoms with Crippen LogP contribution in [0.2, 0.25) is 10.0 Å². The second-order valence-corrected chi connectivity index (χ2v) is 11.6. The van der Waals surface area contributed by atoms with Crippen LogP contribution in [0.3, 0.4) is 0 Å². The lowest BCUT2D eigenvalue weighted by atomic mass is 10.1. The van der Waals surface area contributed by atoms with Crippen molar-refractivity contribution in [2.45, 2.75) is 0 Å². The van der Waals surface area contributed by atoms with Gasteiger partial charge >= 0.3 is 0 Å². The van der Waals surface area contributed by atoms with Gasteiger partial charge in [-0.15, -0.1) is 0 Å². The van der Waals surface area contributed by atoms with Gasteiger partial charge in [0.25, 0.3) is 23.4 Å². The van der Waals surface area contributed by atoms with E-state index in [9.17, 15) is 29.3 Å². The number of benzene rings is 3. The third kappa shape index (κ3) is 4.95. The van der Waals surface area contributed by atoms with E-state index in [1.54, 1.807) is 0 Å². The first-order valence-electron chi connectivity index (χ1n) is 10.1. The molecule has 3 aromatic carbocycles. The first-order chi connectivity index (χ1) is 17.9. The van der Waals surface area contributed by atoms with Gasteiger partial charge in [-0.25, -0.2) is 5.01 Å². The van der Waals surface area contributed by atoms with Crippen LogP contribution in [0, 0.1) is 10.1 Å². The fraction of sp³-hybridized carbons (Fsp3) is 0.0435. The van der Waals surface area contributed by atoms with Gasteiger partial charge in [0, 0.05) is 34.5 Å². The van der Waals surface area contributed by atoms with E-state index in [4.69, 9.17) is 23.2 Å². The normalized spacial score (nSPS) is 12.5. The SMILES string of the molecule is O=C(CN(C(=O)c1ccccc1[N+](=O)[O-])N1C(=O)c2c(Br)c(Br)c(Br)c(Br)c2C1=O)c1ccc(Cl)cc1Cl. The molecule has 9 nitrogen and oxygen atoms in total. The number of imide groups is 1. The number of amides is 3. The molecule has 1 aliphatic rings. The van der Waals surface area contributed by atoms with Crippen LogP contribution < -0.4 is 0 Å². The Morgan fingerprint density at radius 1 is 0.868 bits per heavy atom. The molecule has 0 radical (unpaired) electrons. The largest absolute Gasteiger partial charge is 0.292 e. The standard InChI is InChI=1S/C23H9Br4Cl2N3O6/c24-17-15-16(18(25)20(27)19(17)26)23(36)31(22(15)35)30(8-14(33)10-6-5-9(28)7-12(10)29)21(34)11-3-1-2-4-13(11)32(37)38/h1-7H,8H2.